The van der Waals surface area contributed by atoms with Gasteiger partial charge in [0.1, 0.15) is 18.3 Å². The average Bonchev–Trinajstić information content (AvgIpc) is 3.01. The van der Waals surface area contributed by atoms with E-state index in [2.05, 4.69) is 0 Å². The van der Waals surface area contributed by atoms with E-state index in [-0.39, 0.29) is 18.7 Å². The highest BCUT2D eigenvalue weighted by Crippen LogP contribution is 2.56. The van der Waals surface area contributed by atoms with Crippen LogP contribution in [0.1, 0.15) is 60.8 Å². The summed E-state index contributed by atoms with van der Waals surface area (Å²) in [5.74, 6) is -5.24. The molecule has 1 aliphatic heterocycles. The lowest BCUT2D eigenvalue weighted by Crippen LogP contribution is -2.68. The molecule has 0 amide bonds. The van der Waals surface area contributed by atoms with Crippen molar-refractivity contribution in [1.82, 2.24) is 0 Å². The van der Waals surface area contributed by atoms with Crippen LogP contribution in [0, 0.1) is 23.2 Å². The van der Waals surface area contributed by atoms with Crippen molar-refractivity contribution >= 4 is 35.5 Å². The fourth-order valence-corrected chi connectivity index (χ4v) is 6.72. The van der Waals surface area contributed by atoms with Crippen molar-refractivity contribution in [2.75, 3.05) is 5.88 Å². The highest BCUT2D eigenvalue weighted by molar-refractivity contribution is 6.19. The number of hydrogen-bond donors (Lipinski definition) is 2. The number of allylic oxidation sites excluding steroid dienone is 1. The topological polar surface area (TPSA) is 146 Å². The molecule has 11 heteroatoms. The van der Waals surface area contributed by atoms with Gasteiger partial charge in [0, 0.05) is 44.4 Å². The second kappa shape index (κ2) is 10.9. The van der Waals surface area contributed by atoms with E-state index in [1.807, 2.05) is 0 Å². The van der Waals surface area contributed by atoms with E-state index >= 15 is 0 Å². The Labute approximate surface area is 221 Å². The van der Waals surface area contributed by atoms with Crippen LogP contribution in [0.15, 0.2) is 11.6 Å². The number of fused-ring (bicyclic) bond motifs is 2. The Kier molecular flexibility index (Phi) is 8.66. The average molecular weight is 545 g/mol. The molecule has 1 saturated heterocycles. The van der Waals surface area contributed by atoms with Crippen molar-refractivity contribution < 1.29 is 48.3 Å². The van der Waals surface area contributed by atoms with Crippen LogP contribution in [0.2, 0.25) is 0 Å². The summed E-state index contributed by atoms with van der Waals surface area (Å²) in [5.41, 5.74) is -2.69. The van der Waals surface area contributed by atoms with Gasteiger partial charge in [-0.05, 0) is 31.8 Å². The maximum absolute atomic E-state index is 12.8. The molecule has 37 heavy (non-hydrogen) atoms. The van der Waals surface area contributed by atoms with Gasteiger partial charge in [-0.25, -0.2) is 0 Å². The number of alkyl halides is 1. The molecular formula is C26H37ClO10. The van der Waals surface area contributed by atoms with E-state index in [0.29, 0.717) is 12.0 Å². The molecule has 10 atom stereocenters. The number of aliphatic hydroxyl groups is 2. The summed E-state index contributed by atoms with van der Waals surface area (Å²) >= 11 is 6.21. The summed E-state index contributed by atoms with van der Waals surface area (Å²) in [6.07, 6.45) is -3.30. The van der Waals surface area contributed by atoms with E-state index in [1.165, 1.54) is 27.7 Å². The Hall–Kier alpha value is -2.17. The van der Waals surface area contributed by atoms with E-state index in [0.717, 1.165) is 0 Å². The lowest BCUT2D eigenvalue weighted by molar-refractivity contribution is -0.250. The number of carbonyl (C=O) groups excluding carboxylic acids is 4. The first-order valence-corrected chi connectivity index (χ1v) is 13.1. The first-order chi connectivity index (χ1) is 17.2. The largest absolute Gasteiger partial charge is 0.462 e. The molecular weight excluding hydrogens is 508 g/mol. The van der Waals surface area contributed by atoms with Crippen LogP contribution < -0.4 is 0 Å². The van der Waals surface area contributed by atoms with Crippen LogP contribution in [0.3, 0.4) is 0 Å². The van der Waals surface area contributed by atoms with Crippen LogP contribution in [0.25, 0.3) is 0 Å². The Morgan fingerprint density at radius 3 is 2.19 bits per heavy atom. The third kappa shape index (κ3) is 5.25. The number of aliphatic hydroxyl groups excluding tert-OH is 1. The van der Waals surface area contributed by atoms with Crippen LogP contribution in [-0.4, -0.2) is 76.1 Å². The summed E-state index contributed by atoms with van der Waals surface area (Å²) in [7, 11) is 0. The van der Waals surface area contributed by atoms with Crippen molar-refractivity contribution in [1.29, 1.82) is 0 Å². The molecule has 2 fully saturated rings. The number of rotatable bonds is 4. The SMILES string of the molecule is CC(=O)O[C@H]1CC/C(CCl)=C\[C@@H]2OC(=O)[C@H](C)[C@@]2(O)[C@@H](OC(C)=O)[C@H]2[C@@H](C)[C@H](O)C[C@H](OC(C)=O)[C@@]21C. The first-order valence-electron chi connectivity index (χ1n) is 12.6. The zero-order valence-electron chi connectivity index (χ0n) is 22.1. The van der Waals surface area contributed by atoms with E-state index < -0.39 is 83.2 Å². The van der Waals surface area contributed by atoms with Crippen molar-refractivity contribution in [2.24, 2.45) is 23.2 Å². The maximum Gasteiger partial charge on any atom is 0.312 e. The van der Waals surface area contributed by atoms with E-state index in [1.54, 1.807) is 19.9 Å². The fraction of sp³-hybridized carbons (Fsp3) is 0.769. The standard InChI is InChI=1S/C26H37ClO10/c1-12-18(31)10-20(35-15(4)29)25(6)19(34-14(3)28)8-7-17(11-27)9-21-26(33,13(2)24(32)37-21)23(22(12)25)36-16(5)30/h9,12-13,18-23,31,33H,7-8,10-11H2,1-6H3/b17-9+/t12-,13-,18+,19-,20-,21-,22+,23-,25-,26-/m0/s1. The third-order valence-corrected chi connectivity index (χ3v) is 8.80. The predicted octanol–water partition coefficient (Wildman–Crippen LogP) is 2.06. The molecule has 2 N–H and O–H groups in total. The molecule has 0 unspecified atom stereocenters. The predicted molar refractivity (Wildman–Crippen MR) is 130 cm³/mol. The normalized spacial score (nSPS) is 43.3. The van der Waals surface area contributed by atoms with E-state index in [9.17, 15) is 29.4 Å². The summed E-state index contributed by atoms with van der Waals surface area (Å²) in [6, 6.07) is 0. The Bertz CT molecular complexity index is 965. The lowest BCUT2D eigenvalue weighted by Gasteiger charge is -2.58. The lowest BCUT2D eigenvalue weighted by atomic mass is 9.52. The zero-order valence-corrected chi connectivity index (χ0v) is 22.8. The van der Waals surface area contributed by atoms with Gasteiger partial charge in [0.15, 0.2) is 11.7 Å². The van der Waals surface area contributed by atoms with Crippen LogP contribution in [0.4, 0.5) is 0 Å². The van der Waals surface area contributed by atoms with Crippen LogP contribution in [-0.2, 0) is 38.1 Å². The van der Waals surface area contributed by atoms with Crippen molar-refractivity contribution in [3.05, 3.63) is 11.6 Å². The summed E-state index contributed by atoms with van der Waals surface area (Å²) < 4.78 is 22.9. The summed E-state index contributed by atoms with van der Waals surface area (Å²) in [6.45, 7) is 8.61. The molecule has 3 aliphatic rings. The van der Waals surface area contributed by atoms with E-state index in [4.69, 9.17) is 30.5 Å². The maximum atomic E-state index is 12.8. The highest BCUT2D eigenvalue weighted by atomic mass is 35.5. The second-order valence-corrected chi connectivity index (χ2v) is 11.0. The summed E-state index contributed by atoms with van der Waals surface area (Å²) in [5, 5.41) is 23.4. The van der Waals surface area contributed by atoms with Gasteiger partial charge in [-0.2, -0.15) is 0 Å². The molecule has 1 heterocycles. The Balaban J connectivity index is 2.37. The monoisotopic (exact) mass is 544 g/mol. The Morgan fingerprint density at radius 2 is 1.65 bits per heavy atom. The molecule has 10 nitrogen and oxygen atoms in total. The quantitative estimate of drug-likeness (QED) is 0.233. The Morgan fingerprint density at radius 1 is 1.08 bits per heavy atom. The van der Waals surface area contributed by atoms with Crippen LogP contribution in [0.5, 0.6) is 0 Å². The van der Waals surface area contributed by atoms with Crippen molar-refractivity contribution in [2.45, 2.75) is 96.9 Å². The van der Waals surface area contributed by atoms with Gasteiger partial charge in [-0.3, -0.25) is 19.2 Å². The fourth-order valence-electron chi connectivity index (χ4n) is 6.50. The molecule has 0 bridgehead atoms. The smallest absolute Gasteiger partial charge is 0.312 e. The molecule has 0 aromatic rings. The molecule has 0 aromatic heterocycles. The number of halogens is 1. The number of carbonyl (C=O) groups is 4. The number of esters is 4. The molecule has 0 aromatic carbocycles. The minimum Gasteiger partial charge on any atom is -0.462 e. The van der Waals surface area contributed by atoms with Gasteiger partial charge in [-0.1, -0.05) is 19.4 Å². The molecule has 2 aliphatic carbocycles. The van der Waals surface area contributed by atoms with Gasteiger partial charge in [0.25, 0.3) is 0 Å². The van der Waals surface area contributed by atoms with Crippen molar-refractivity contribution in [3.8, 4) is 0 Å². The van der Waals surface area contributed by atoms with Gasteiger partial charge in [0.2, 0.25) is 0 Å². The van der Waals surface area contributed by atoms with Gasteiger partial charge < -0.3 is 29.2 Å². The molecule has 0 radical (unpaired) electrons. The molecule has 0 spiro atoms. The number of hydrogen-bond acceptors (Lipinski definition) is 10. The first kappa shape index (κ1) is 29.4. The molecule has 208 valence electrons. The summed E-state index contributed by atoms with van der Waals surface area (Å²) in [4.78, 5) is 49.7. The van der Waals surface area contributed by atoms with Gasteiger partial charge in [-0.15, -0.1) is 11.6 Å². The molecule has 3 rings (SSSR count). The van der Waals surface area contributed by atoms with Gasteiger partial charge in [0.05, 0.1) is 12.0 Å². The number of ether oxygens (including phenoxy) is 4. The minimum absolute atomic E-state index is 0.0311. The second-order valence-electron chi connectivity index (χ2n) is 10.7. The third-order valence-electron chi connectivity index (χ3n) is 8.46. The van der Waals surface area contributed by atoms with Crippen LogP contribution >= 0.6 is 11.6 Å². The molecule has 1 saturated carbocycles. The highest BCUT2D eigenvalue weighted by Gasteiger charge is 2.68. The van der Waals surface area contributed by atoms with Gasteiger partial charge >= 0.3 is 23.9 Å². The zero-order chi connectivity index (χ0) is 27.9. The minimum atomic E-state index is -2.06. The van der Waals surface area contributed by atoms with Crippen molar-refractivity contribution in [3.63, 3.8) is 0 Å².